The number of nitrogens with zero attached hydrogens (tertiary/aromatic N) is 2. The number of Topliss-reactive ketones (excluding diaryl/α,β-unsaturated/α-hetero) is 2. The van der Waals surface area contributed by atoms with Gasteiger partial charge in [0.25, 0.3) is 0 Å². The summed E-state index contributed by atoms with van der Waals surface area (Å²) in [4.78, 5) is 72.1. The van der Waals surface area contributed by atoms with E-state index in [-0.39, 0.29) is 24.9 Å². The molecule has 0 aromatic carbocycles. The van der Waals surface area contributed by atoms with Gasteiger partial charge >= 0.3 is 6.03 Å². The Kier molecular flexibility index (Phi) is 9.14. The van der Waals surface area contributed by atoms with Crippen molar-refractivity contribution in [2.75, 3.05) is 6.54 Å². The normalized spacial score (nSPS) is 26.4. The van der Waals surface area contributed by atoms with Gasteiger partial charge in [-0.15, -0.1) is 0 Å². The molecule has 0 bridgehead atoms. The molecule has 4 rings (SSSR count). The van der Waals surface area contributed by atoms with Crippen LogP contribution in [-0.4, -0.2) is 81.3 Å². The number of rotatable bonds is 9. The number of carbonyl (C=O) groups is 5. The van der Waals surface area contributed by atoms with Crippen LogP contribution in [-0.2, 0) is 19.2 Å². The zero-order chi connectivity index (χ0) is 31.9. The molecule has 2 saturated carbocycles. The molecule has 2 heterocycles. The van der Waals surface area contributed by atoms with E-state index in [4.69, 9.17) is 16.3 Å². The van der Waals surface area contributed by atoms with Crippen LogP contribution in [0.25, 0.3) is 0 Å². The van der Waals surface area contributed by atoms with Crippen molar-refractivity contribution in [1.29, 1.82) is 0 Å². The van der Waals surface area contributed by atoms with Crippen molar-refractivity contribution in [2.45, 2.75) is 110 Å². The first-order valence-corrected chi connectivity index (χ1v) is 15.2. The van der Waals surface area contributed by atoms with E-state index in [1.165, 1.54) is 11.1 Å². The summed E-state index contributed by atoms with van der Waals surface area (Å²) in [7, 11) is 0. The zero-order valence-corrected chi connectivity index (χ0v) is 26.6. The number of likely N-dealkylation sites (tertiary alicyclic amines) is 1. The second kappa shape index (κ2) is 12.0. The summed E-state index contributed by atoms with van der Waals surface area (Å²) in [6.45, 7) is 12.8. The first-order valence-electron chi connectivity index (χ1n) is 14.8. The van der Waals surface area contributed by atoms with Crippen molar-refractivity contribution in [1.82, 2.24) is 31.2 Å². The van der Waals surface area contributed by atoms with Gasteiger partial charge in [-0.2, -0.15) is 0 Å². The molecule has 0 spiro atoms. The standard InChI is InChI=1S/C30H43ClN6O6/c1-8-19-22(38)24(39)30(19,34-17-10-11-17)35-25(40)20-13-18(43-21-12-9-16(31)14-32-21)15-37(20)26(41)23(28(2,3)4)33-27(42)36-29(5,6)7/h9,12,14,17-20,23,34H,8,10-11,13,15H2,1-7H3,(H,35,40)(H2,33,36,42). The number of urea groups is 1. The molecule has 12 nitrogen and oxygen atoms in total. The van der Waals surface area contributed by atoms with Crippen molar-refractivity contribution in [2.24, 2.45) is 11.3 Å². The van der Waals surface area contributed by atoms with Crippen molar-refractivity contribution >= 4 is 41.0 Å². The first kappa shape index (κ1) is 32.7. The van der Waals surface area contributed by atoms with Crippen LogP contribution in [0.15, 0.2) is 18.3 Å². The highest BCUT2D eigenvalue weighted by molar-refractivity contribution is 6.49. The van der Waals surface area contributed by atoms with Gasteiger partial charge in [0, 0.05) is 30.3 Å². The SMILES string of the molecule is CCC1C(=O)C(=O)C1(NC(=O)C1CC(Oc2ccc(Cl)cn2)CN1C(=O)C(NC(=O)NC(C)(C)C)C(C)(C)C)NC1CC1. The fraction of sp³-hybridized carbons (Fsp3) is 0.667. The van der Waals surface area contributed by atoms with E-state index in [1.807, 2.05) is 41.5 Å². The highest BCUT2D eigenvalue weighted by Gasteiger charge is 2.64. The summed E-state index contributed by atoms with van der Waals surface area (Å²) < 4.78 is 6.05. The molecule has 5 atom stereocenters. The Labute approximate surface area is 257 Å². The zero-order valence-electron chi connectivity index (χ0n) is 25.9. The predicted molar refractivity (Wildman–Crippen MR) is 159 cm³/mol. The topological polar surface area (TPSA) is 159 Å². The van der Waals surface area contributed by atoms with Crippen LogP contribution in [0, 0.1) is 11.3 Å². The third-order valence-electron chi connectivity index (χ3n) is 7.87. The van der Waals surface area contributed by atoms with Crippen molar-refractivity contribution in [3.05, 3.63) is 23.4 Å². The summed E-state index contributed by atoms with van der Waals surface area (Å²) >= 11 is 5.96. The number of hydrogen-bond donors (Lipinski definition) is 4. The minimum atomic E-state index is -1.51. The molecule has 1 aromatic heterocycles. The molecule has 1 saturated heterocycles. The van der Waals surface area contributed by atoms with Crippen molar-refractivity contribution < 1.29 is 28.7 Å². The van der Waals surface area contributed by atoms with Crippen LogP contribution in [0.4, 0.5) is 4.79 Å². The fourth-order valence-electron chi connectivity index (χ4n) is 5.59. The number of carbonyl (C=O) groups excluding carboxylic acids is 5. The third-order valence-corrected chi connectivity index (χ3v) is 8.10. The summed E-state index contributed by atoms with van der Waals surface area (Å²) in [6, 6.07) is 0.688. The largest absolute Gasteiger partial charge is 0.472 e. The monoisotopic (exact) mass is 618 g/mol. The smallest absolute Gasteiger partial charge is 0.315 e. The van der Waals surface area contributed by atoms with E-state index < -0.39 is 70.1 Å². The molecular weight excluding hydrogens is 576 g/mol. The van der Waals surface area contributed by atoms with E-state index in [1.54, 1.807) is 19.1 Å². The van der Waals surface area contributed by atoms with Crippen LogP contribution in [0.3, 0.4) is 0 Å². The summed E-state index contributed by atoms with van der Waals surface area (Å²) in [5.74, 6) is -2.68. The minimum Gasteiger partial charge on any atom is -0.472 e. The Morgan fingerprint density at radius 1 is 1.14 bits per heavy atom. The van der Waals surface area contributed by atoms with Gasteiger partial charge in [-0.3, -0.25) is 24.5 Å². The van der Waals surface area contributed by atoms with Crippen LogP contribution in [0.1, 0.15) is 74.1 Å². The maximum Gasteiger partial charge on any atom is 0.315 e. The minimum absolute atomic E-state index is 0.0237. The van der Waals surface area contributed by atoms with Gasteiger partial charge in [0.15, 0.2) is 5.66 Å². The average molecular weight is 619 g/mol. The van der Waals surface area contributed by atoms with Gasteiger partial charge in [-0.05, 0) is 51.5 Å². The van der Waals surface area contributed by atoms with E-state index >= 15 is 0 Å². The molecule has 3 fully saturated rings. The lowest BCUT2D eigenvalue weighted by Gasteiger charge is -2.47. The second-order valence-electron chi connectivity index (χ2n) is 13.8. The Morgan fingerprint density at radius 3 is 2.35 bits per heavy atom. The maximum atomic E-state index is 14.2. The first-order chi connectivity index (χ1) is 19.9. The van der Waals surface area contributed by atoms with E-state index in [0.29, 0.717) is 11.4 Å². The van der Waals surface area contributed by atoms with Gasteiger partial charge in [0.05, 0.1) is 17.5 Å². The molecule has 5 unspecified atom stereocenters. The van der Waals surface area contributed by atoms with E-state index in [9.17, 15) is 24.0 Å². The number of ketones is 2. The number of nitrogens with one attached hydrogen (secondary N) is 4. The lowest BCUT2D eigenvalue weighted by atomic mass is 9.68. The highest BCUT2D eigenvalue weighted by Crippen LogP contribution is 2.37. The number of hydrogen-bond acceptors (Lipinski definition) is 8. The number of aromatic nitrogens is 1. The van der Waals surface area contributed by atoms with Gasteiger partial charge in [-0.1, -0.05) is 39.3 Å². The Balaban J connectivity index is 1.62. The molecule has 0 radical (unpaired) electrons. The van der Waals surface area contributed by atoms with Gasteiger partial charge in [0.1, 0.15) is 18.2 Å². The highest BCUT2D eigenvalue weighted by atomic mass is 35.5. The third kappa shape index (κ3) is 7.29. The molecule has 3 aliphatic rings. The van der Waals surface area contributed by atoms with Gasteiger partial charge in [-0.25, -0.2) is 9.78 Å². The molecule has 43 heavy (non-hydrogen) atoms. The van der Waals surface area contributed by atoms with E-state index in [2.05, 4.69) is 26.3 Å². The number of pyridine rings is 1. The molecule has 236 valence electrons. The second-order valence-corrected chi connectivity index (χ2v) is 14.3. The number of amides is 4. The molecule has 4 N–H and O–H groups in total. The molecule has 4 amide bonds. The lowest BCUT2D eigenvalue weighted by molar-refractivity contribution is -0.161. The number of ether oxygens (including phenoxy) is 1. The fourth-order valence-corrected chi connectivity index (χ4v) is 5.71. The van der Waals surface area contributed by atoms with Crippen LogP contribution >= 0.6 is 11.6 Å². The van der Waals surface area contributed by atoms with Gasteiger partial charge < -0.3 is 25.6 Å². The summed E-state index contributed by atoms with van der Waals surface area (Å²) in [5, 5.41) is 12.1. The lowest BCUT2D eigenvalue weighted by Crippen LogP contribution is -2.80. The van der Waals surface area contributed by atoms with Crippen molar-refractivity contribution in [3.8, 4) is 5.88 Å². The Morgan fingerprint density at radius 2 is 1.81 bits per heavy atom. The van der Waals surface area contributed by atoms with Crippen LogP contribution in [0.2, 0.25) is 5.02 Å². The summed E-state index contributed by atoms with van der Waals surface area (Å²) in [5.41, 5.74) is -2.77. The Bertz CT molecular complexity index is 1270. The summed E-state index contributed by atoms with van der Waals surface area (Å²) in [6.07, 6.45) is 2.96. The van der Waals surface area contributed by atoms with Gasteiger partial charge in [0.2, 0.25) is 29.3 Å². The molecule has 1 aromatic rings. The predicted octanol–water partition coefficient (Wildman–Crippen LogP) is 2.34. The molecule has 1 aliphatic heterocycles. The van der Waals surface area contributed by atoms with Crippen LogP contribution < -0.4 is 26.0 Å². The van der Waals surface area contributed by atoms with Crippen LogP contribution in [0.5, 0.6) is 5.88 Å². The quantitative estimate of drug-likeness (QED) is 0.242. The number of halogens is 1. The van der Waals surface area contributed by atoms with Crippen molar-refractivity contribution in [3.63, 3.8) is 0 Å². The maximum absolute atomic E-state index is 14.2. The van der Waals surface area contributed by atoms with E-state index in [0.717, 1.165) is 12.8 Å². The molecule has 13 heteroatoms. The molecular formula is C30H43ClN6O6. The average Bonchev–Trinajstić information content (AvgIpc) is 3.62. The molecule has 2 aliphatic carbocycles. The Hall–Kier alpha value is -3.25.